The Labute approximate surface area is 167 Å². The van der Waals surface area contributed by atoms with Crippen LogP contribution in [0.2, 0.25) is 0 Å². The van der Waals surface area contributed by atoms with Crippen LogP contribution in [0.15, 0.2) is 64.2 Å². The van der Waals surface area contributed by atoms with Crippen molar-refractivity contribution >= 4 is 21.5 Å². The van der Waals surface area contributed by atoms with Gasteiger partial charge >= 0.3 is 0 Å². The number of unbranched alkanes of at least 4 members (excludes halogenated alkanes) is 3. The number of hydrogen-bond acceptors (Lipinski definition) is 0. The fourth-order valence-electron chi connectivity index (χ4n) is 3.90. The maximum atomic E-state index is 3.68. The van der Waals surface area contributed by atoms with E-state index in [0.29, 0.717) is 0 Å². The zero-order valence-electron chi connectivity index (χ0n) is 16.1. The zero-order chi connectivity index (χ0) is 18.2. The average Bonchev–Trinajstić information content (AvgIpc) is 2.68. The molecule has 0 unspecified atom stereocenters. The summed E-state index contributed by atoms with van der Waals surface area (Å²) in [5, 5.41) is 0. The predicted molar refractivity (Wildman–Crippen MR) is 119 cm³/mol. The van der Waals surface area contributed by atoms with E-state index in [1.807, 2.05) is 0 Å². The summed E-state index contributed by atoms with van der Waals surface area (Å²) in [5.74, 6) is 0. The van der Waals surface area contributed by atoms with Crippen LogP contribution in [-0.2, 0) is 6.42 Å². The van der Waals surface area contributed by atoms with Crippen molar-refractivity contribution in [1.29, 1.82) is 0 Å². The first-order valence-corrected chi connectivity index (χ1v) is 11.0. The smallest absolute Gasteiger partial charge is 0.00168 e. The van der Waals surface area contributed by atoms with E-state index in [-0.39, 0.29) is 0 Å². The van der Waals surface area contributed by atoms with Gasteiger partial charge in [0, 0.05) is 0 Å². The Hall–Kier alpha value is -1.34. The van der Waals surface area contributed by atoms with Crippen molar-refractivity contribution in [2.24, 2.45) is 0 Å². The lowest BCUT2D eigenvalue weighted by Gasteiger charge is -2.16. The molecule has 1 aromatic rings. The molecule has 0 amide bonds. The quantitative estimate of drug-likeness (QED) is 0.377. The van der Waals surface area contributed by atoms with Crippen molar-refractivity contribution in [1.82, 2.24) is 0 Å². The Morgan fingerprint density at radius 3 is 2.58 bits per heavy atom. The van der Waals surface area contributed by atoms with Crippen LogP contribution in [0.25, 0.3) is 5.57 Å². The number of aryl methyl sites for hydroxylation is 1. The summed E-state index contributed by atoms with van der Waals surface area (Å²) in [6.45, 7) is 2.20. The third-order valence-corrected chi connectivity index (χ3v) is 6.57. The van der Waals surface area contributed by atoms with E-state index in [4.69, 9.17) is 0 Å². The van der Waals surface area contributed by atoms with Gasteiger partial charge in [-0.3, -0.25) is 0 Å². The number of hydrogen-bond donors (Lipinski definition) is 0. The average molecular weight is 411 g/mol. The molecule has 0 nitrogen and oxygen atoms in total. The van der Waals surface area contributed by atoms with Crippen molar-refractivity contribution in [2.75, 3.05) is 0 Å². The number of benzene rings is 1. The lowest BCUT2D eigenvalue weighted by molar-refractivity contribution is 0.631. The topological polar surface area (TPSA) is 0 Å². The maximum absolute atomic E-state index is 3.68. The largest absolute Gasteiger partial charge is 0.0842 e. The molecule has 1 heteroatoms. The second kappa shape index (κ2) is 10.1. The Morgan fingerprint density at radius 1 is 0.962 bits per heavy atom. The van der Waals surface area contributed by atoms with E-state index in [0.717, 1.165) is 12.8 Å². The molecule has 138 valence electrons. The fraction of sp³-hybridized carbons (Fsp3) is 0.440. The highest BCUT2D eigenvalue weighted by molar-refractivity contribution is 9.11. The molecule has 0 atom stereocenters. The standard InChI is InChI=1S/C25H31Br/c1-20-18-24(16-17-25(20)26)23-15-9-14-22(19-23)13-6-3-2-5-10-21-11-7-4-8-12-21/h4,7,9,11,14-15,18-19H,2-3,5-6,8,10,12-13,16-17H2,1H3. The molecule has 0 bridgehead atoms. The summed E-state index contributed by atoms with van der Waals surface area (Å²) in [6, 6.07) is 9.22. The summed E-state index contributed by atoms with van der Waals surface area (Å²) in [5.41, 5.74) is 7.42. The molecule has 26 heavy (non-hydrogen) atoms. The van der Waals surface area contributed by atoms with Crippen LogP contribution >= 0.6 is 15.9 Å². The number of halogens is 1. The molecule has 1 aromatic carbocycles. The minimum absolute atomic E-state index is 1.13. The van der Waals surface area contributed by atoms with Crippen LogP contribution in [0.5, 0.6) is 0 Å². The highest BCUT2D eigenvalue weighted by Gasteiger charge is 2.10. The highest BCUT2D eigenvalue weighted by Crippen LogP contribution is 2.33. The van der Waals surface area contributed by atoms with Crippen LogP contribution in [-0.4, -0.2) is 0 Å². The monoisotopic (exact) mass is 410 g/mol. The van der Waals surface area contributed by atoms with Crippen LogP contribution in [0, 0.1) is 0 Å². The highest BCUT2D eigenvalue weighted by atomic mass is 79.9. The van der Waals surface area contributed by atoms with Crippen molar-refractivity contribution in [3.8, 4) is 0 Å². The van der Waals surface area contributed by atoms with Gasteiger partial charge in [0.1, 0.15) is 0 Å². The minimum atomic E-state index is 1.13. The third-order valence-electron chi connectivity index (χ3n) is 5.54. The van der Waals surface area contributed by atoms with Gasteiger partial charge in [0.2, 0.25) is 0 Å². The first kappa shape index (κ1) is 19.4. The van der Waals surface area contributed by atoms with Crippen molar-refractivity contribution in [3.05, 3.63) is 75.3 Å². The van der Waals surface area contributed by atoms with Gasteiger partial charge in [-0.25, -0.2) is 0 Å². The van der Waals surface area contributed by atoms with Crippen LogP contribution in [0.1, 0.15) is 75.8 Å². The van der Waals surface area contributed by atoms with Gasteiger partial charge in [0.05, 0.1) is 0 Å². The fourth-order valence-corrected chi connectivity index (χ4v) is 4.22. The molecule has 0 aromatic heterocycles. The predicted octanol–water partition coefficient (Wildman–Crippen LogP) is 8.30. The molecule has 0 fully saturated rings. The Bertz CT molecular complexity index is 730. The Morgan fingerprint density at radius 2 is 1.81 bits per heavy atom. The normalized spacial score (nSPS) is 17.3. The zero-order valence-corrected chi connectivity index (χ0v) is 17.7. The first-order chi connectivity index (χ1) is 12.7. The molecule has 2 aliphatic rings. The minimum Gasteiger partial charge on any atom is -0.0842 e. The molecule has 0 saturated carbocycles. The third kappa shape index (κ3) is 5.84. The summed E-state index contributed by atoms with van der Waals surface area (Å²) < 4.78 is 1.36. The van der Waals surface area contributed by atoms with Crippen LogP contribution < -0.4 is 0 Å². The lowest BCUT2D eigenvalue weighted by atomic mass is 9.92. The second-order valence-electron chi connectivity index (χ2n) is 7.66. The van der Waals surface area contributed by atoms with Gasteiger partial charge in [-0.15, -0.1) is 0 Å². The van der Waals surface area contributed by atoms with Gasteiger partial charge in [-0.05, 0) is 85.0 Å². The molecule has 0 heterocycles. The molecule has 0 saturated heterocycles. The summed E-state index contributed by atoms with van der Waals surface area (Å²) in [4.78, 5) is 0. The SMILES string of the molecule is CC1=C(Br)CCC(c2cccc(CCCCCCC3=CC=CCC3)c2)=C1. The van der Waals surface area contributed by atoms with Crippen molar-refractivity contribution in [2.45, 2.75) is 71.1 Å². The van der Waals surface area contributed by atoms with Crippen molar-refractivity contribution < 1.29 is 0 Å². The number of allylic oxidation sites excluding steroid dienone is 8. The molecular weight excluding hydrogens is 380 g/mol. The van der Waals surface area contributed by atoms with Gasteiger partial charge in [0.25, 0.3) is 0 Å². The molecule has 0 aliphatic heterocycles. The summed E-state index contributed by atoms with van der Waals surface area (Å²) in [6.07, 6.45) is 21.9. The van der Waals surface area contributed by atoms with Gasteiger partial charge < -0.3 is 0 Å². The summed E-state index contributed by atoms with van der Waals surface area (Å²) >= 11 is 3.68. The lowest BCUT2D eigenvalue weighted by Crippen LogP contribution is -1.95. The van der Waals surface area contributed by atoms with Gasteiger partial charge in [-0.1, -0.05) is 82.9 Å². The molecule has 0 radical (unpaired) electrons. The van der Waals surface area contributed by atoms with E-state index >= 15 is 0 Å². The first-order valence-electron chi connectivity index (χ1n) is 10.2. The second-order valence-corrected chi connectivity index (χ2v) is 8.62. The van der Waals surface area contributed by atoms with E-state index in [2.05, 4.69) is 71.4 Å². The molecule has 2 aliphatic carbocycles. The van der Waals surface area contributed by atoms with Gasteiger partial charge in [0.15, 0.2) is 0 Å². The molecular formula is C25H31Br. The van der Waals surface area contributed by atoms with Crippen molar-refractivity contribution in [3.63, 3.8) is 0 Å². The van der Waals surface area contributed by atoms with Gasteiger partial charge in [-0.2, -0.15) is 0 Å². The summed E-state index contributed by atoms with van der Waals surface area (Å²) in [7, 11) is 0. The number of rotatable bonds is 8. The van der Waals surface area contributed by atoms with E-state index in [1.54, 1.807) is 5.57 Å². The van der Waals surface area contributed by atoms with Crippen LogP contribution in [0.3, 0.4) is 0 Å². The van der Waals surface area contributed by atoms with E-state index in [9.17, 15) is 0 Å². The Kier molecular flexibility index (Phi) is 7.55. The van der Waals surface area contributed by atoms with E-state index < -0.39 is 0 Å². The maximum Gasteiger partial charge on any atom is -0.00168 e. The Balaban J connectivity index is 1.42. The molecule has 3 rings (SSSR count). The van der Waals surface area contributed by atoms with E-state index in [1.165, 1.54) is 78.1 Å². The molecule has 0 N–H and O–H groups in total. The van der Waals surface area contributed by atoms with Crippen LogP contribution in [0.4, 0.5) is 0 Å². The molecule has 0 spiro atoms.